The molecule has 6 heteroatoms. The third-order valence-electron chi connectivity index (χ3n) is 5.90. The van der Waals surface area contributed by atoms with Crippen LogP contribution in [-0.2, 0) is 22.6 Å². The molecule has 0 saturated heterocycles. The minimum absolute atomic E-state index is 0.0294. The molecule has 1 aromatic heterocycles. The Bertz CT molecular complexity index is 1430. The molecule has 3 aromatic carbocycles. The summed E-state index contributed by atoms with van der Waals surface area (Å²) >= 11 is 0. The number of nitrogens with one attached hydrogen (secondary N) is 2. The van der Waals surface area contributed by atoms with Crippen LogP contribution in [0, 0.1) is 18.3 Å². The van der Waals surface area contributed by atoms with Gasteiger partial charge in [-0.1, -0.05) is 66.2 Å². The van der Waals surface area contributed by atoms with Gasteiger partial charge < -0.3 is 15.2 Å². The molecule has 6 nitrogen and oxygen atoms in total. The van der Waals surface area contributed by atoms with Crippen LogP contribution in [0.2, 0.25) is 0 Å². The van der Waals surface area contributed by atoms with E-state index in [0.717, 1.165) is 35.0 Å². The number of carbonyl (C=O) groups is 2. The van der Waals surface area contributed by atoms with E-state index in [0.29, 0.717) is 12.1 Å². The van der Waals surface area contributed by atoms with Gasteiger partial charge in [0.2, 0.25) is 5.91 Å². The number of benzene rings is 3. The molecule has 1 heterocycles. The first-order valence-electron chi connectivity index (χ1n) is 11.9. The molecule has 0 fully saturated rings. The maximum atomic E-state index is 12.7. The average Bonchev–Trinajstić information content (AvgIpc) is 3.23. The molecule has 0 spiro atoms. The van der Waals surface area contributed by atoms with Crippen LogP contribution in [0.15, 0.2) is 90.6 Å². The third kappa shape index (κ3) is 6.28. The normalized spacial score (nSPS) is 11.2. The predicted molar refractivity (Wildman–Crippen MR) is 143 cm³/mol. The van der Waals surface area contributed by atoms with Crippen LogP contribution in [0.3, 0.4) is 0 Å². The van der Waals surface area contributed by atoms with Gasteiger partial charge in [0.15, 0.2) is 0 Å². The minimum atomic E-state index is -0.403. The molecule has 0 aliphatic heterocycles. The van der Waals surface area contributed by atoms with E-state index in [2.05, 4.69) is 22.8 Å². The van der Waals surface area contributed by atoms with Crippen molar-refractivity contribution in [3.8, 4) is 6.07 Å². The second-order valence-corrected chi connectivity index (χ2v) is 8.66. The van der Waals surface area contributed by atoms with Crippen LogP contribution in [-0.4, -0.2) is 22.9 Å². The zero-order valence-corrected chi connectivity index (χ0v) is 20.2. The third-order valence-corrected chi connectivity index (χ3v) is 5.90. The van der Waals surface area contributed by atoms with E-state index in [1.165, 1.54) is 5.56 Å². The number of aromatic nitrogens is 1. The summed E-state index contributed by atoms with van der Waals surface area (Å²) in [5, 5.41) is 16.3. The molecule has 0 bridgehead atoms. The number of hydrogen-bond acceptors (Lipinski definition) is 3. The van der Waals surface area contributed by atoms with Gasteiger partial charge in [0.1, 0.15) is 18.2 Å². The van der Waals surface area contributed by atoms with Crippen LogP contribution in [0.1, 0.15) is 23.1 Å². The van der Waals surface area contributed by atoms with Crippen molar-refractivity contribution in [1.82, 2.24) is 9.88 Å². The fourth-order valence-electron chi connectivity index (χ4n) is 4.05. The maximum Gasteiger partial charge on any atom is 0.261 e. The van der Waals surface area contributed by atoms with Gasteiger partial charge in [-0.25, -0.2) is 0 Å². The lowest BCUT2D eigenvalue weighted by Crippen LogP contribution is -2.25. The second-order valence-electron chi connectivity index (χ2n) is 8.66. The summed E-state index contributed by atoms with van der Waals surface area (Å²) < 4.78 is 1.83. The van der Waals surface area contributed by atoms with E-state index in [-0.39, 0.29) is 18.0 Å². The summed E-state index contributed by atoms with van der Waals surface area (Å²) in [6.07, 6.45) is 5.03. The summed E-state index contributed by atoms with van der Waals surface area (Å²) in [6, 6.07) is 27.3. The van der Waals surface area contributed by atoms with Crippen molar-refractivity contribution >= 4 is 34.5 Å². The SMILES string of the molecule is Cc1ccc(NC(=O)Cn2cc(/C=C(/C#N)C(=O)NCCCc3ccccc3)c3ccccc32)cc1. The van der Waals surface area contributed by atoms with Gasteiger partial charge in [-0.15, -0.1) is 0 Å². The molecule has 0 atom stereocenters. The monoisotopic (exact) mass is 476 g/mol. The fourth-order valence-corrected chi connectivity index (χ4v) is 4.05. The molecule has 0 aliphatic carbocycles. The summed E-state index contributed by atoms with van der Waals surface area (Å²) in [5.41, 5.74) is 4.66. The molecule has 180 valence electrons. The number of amides is 2. The largest absolute Gasteiger partial charge is 0.351 e. The average molecular weight is 477 g/mol. The quantitative estimate of drug-likeness (QED) is 0.197. The van der Waals surface area contributed by atoms with Crippen LogP contribution in [0.5, 0.6) is 0 Å². The maximum absolute atomic E-state index is 12.7. The lowest BCUT2D eigenvalue weighted by molar-refractivity contribution is -0.117. The zero-order chi connectivity index (χ0) is 25.3. The first-order valence-corrected chi connectivity index (χ1v) is 11.9. The highest BCUT2D eigenvalue weighted by Gasteiger charge is 2.14. The summed E-state index contributed by atoms with van der Waals surface area (Å²) in [7, 11) is 0. The number of para-hydroxylation sites is 1. The number of nitriles is 1. The van der Waals surface area contributed by atoms with Gasteiger partial charge in [0, 0.05) is 34.9 Å². The van der Waals surface area contributed by atoms with Crippen LogP contribution < -0.4 is 10.6 Å². The zero-order valence-electron chi connectivity index (χ0n) is 20.2. The van der Waals surface area contributed by atoms with Gasteiger partial charge >= 0.3 is 0 Å². The van der Waals surface area contributed by atoms with E-state index >= 15 is 0 Å². The van der Waals surface area contributed by atoms with Gasteiger partial charge in [0.05, 0.1) is 0 Å². The van der Waals surface area contributed by atoms with Crippen molar-refractivity contribution in [2.45, 2.75) is 26.3 Å². The Morgan fingerprint density at radius 2 is 1.69 bits per heavy atom. The molecular weight excluding hydrogens is 448 g/mol. The smallest absolute Gasteiger partial charge is 0.261 e. The lowest BCUT2D eigenvalue weighted by Gasteiger charge is -2.07. The molecule has 0 aliphatic rings. The Morgan fingerprint density at radius 1 is 0.972 bits per heavy atom. The van der Waals surface area contributed by atoms with Crippen molar-refractivity contribution in [2.75, 3.05) is 11.9 Å². The van der Waals surface area contributed by atoms with Gasteiger partial charge in [-0.2, -0.15) is 5.26 Å². The van der Waals surface area contributed by atoms with E-state index in [4.69, 9.17) is 0 Å². The van der Waals surface area contributed by atoms with Crippen molar-refractivity contribution in [3.05, 3.63) is 107 Å². The Balaban J connectivity index is 1.45. The Hall–Kier alpha value is -4.63. The molecule has 0 saturated carbocycles. The number of aryl methyl sites for hydroxylation is 2. The van der Waals surface area contributed by atoms with E-state index in [1.807, 2.05) is 84.3 Å². The Kier molecular flexibility index (Phi) is 7.94. The molecule has 0 radical (unpaired) electrons. The van der Waals surface area contributed by atoms with Gasteiger partial charge in [-0.05, 0) is 49.6 Å². The van der Waals surface area contributed by atoms with Crippen molar-refractivity contribution in [1.29, 1.82) is 5.26 Å². The van der Waals surface area contributed by atoms with Crippen molar-refractivity contribution < 1.29 is 9.59 Å². The highest BCUT2D eigenvalue weighted by Crippen LogP contribution is 2.24. The van der Waals surface area contributed by atoms with Crippen molar-refractivity contribution in [2.24, 2.45) is 0 Å². The second kappa shape index (κ2) is 11.7. The summed E-state index contributed by atoms with van der Waals surface area (Å²) in [6.45, 7) is 2.58. The molecule has 2 N–H and O–H groups in total. The first kappa shape index (κ1) is 24.5. The van der Waals surface area contributed by atoms with E-state index < -0.39 is 5.91 Å². The predicted octanol–water partition coefficient (Wildman–Crippen LogP) is 5.24. The Morgan fingerprint density at radius 3 is 2.44 bits per heavy atom. The van der Waals surface area contributed by atoms with Gasteiger partial charge in [-0.3, -0.25) is 9.59 Å². The fraction of sp³-hybridized carbons (Fsp3) is 0.167. The molecule has 4 aromatic rings. The van der Waals surface area contributed by atoms with E-state index in [1.54, 1.807) is 12.3 Å². The lowest BCUT2D eigenvalue weighted by atomic mass is 10.1. The van der Waals surface area contributed by atoms with Crippen molar-refractivity contribution in [3.63, 3.8) is 0 Å². The molecular formula is C30H28N4O2. The number of anilines is 1. The minimum Gasteiger partial charge on any atom is -0.351 e. The molecule has 36 heavy (non-hydrogen) atoms. The standard InChI is InChI=1S/C30H28N4O2/c1-22-13-15-26(16-14-22)33-29(35)21-34-20-25(27-11-5-6-12-28(27)34)18-24(19-31)30(36)32-17-7-10-23-8-3-2-4-9-23/h2-6,8-9,11-16,18,20H,7,10,17,21H2,1H3,(H,32,36)(H,33,35)/b24-18-. The number of carbonyl (C=O) groups excluding carboxylic acids is 2. The highest BCUT2D eigenvalue weighted by atomic mass is 16.2. The topological polar surface area (TPSA) is 86.9 Å². The number of nitrogens with zero attached hydrogens (tertiary/aromatic N) is 2. The first-order chi connectivity index (χ1) is 17.5. The van der Waals surface area contributed by atoms with Crippen LogP contribution >= 0.6 is 0 Å². The summed E-state index contributed by atoms with van der Waals surface area (Å²) in [4.78, 5) is 25.4. The van der Waals surface area contributed by atoms with Gasteiger partial charge in [0.25, 0.3) is 5.91 Å². The molecule has 0 unspecified atom stereocenters. The summed E-state index contributed by atoms with van der Waals surface area (Å²) in [5.74, 6) is -0.564. The number of rotatable bonds is 9. The molecule has 2 amide bonds. The number of fused-ring (bicyclic) bond motifs is 1. The van der Waals surface area contributed by atoms with E-state index in [9.17, 15) is 14.9 Å². The van der Waals surface area contributed by atoms with Crippen LogP contribution in [0.25, 0.3) is 17.0 Å². The highest BCUT2D eigenvalue weighted by molar-refractivity contribution is 6.04. The number of hydrogen-bond donors (Lipinski definition) is 2. The molecule has 4 rings (SSSR count). The van der Waals surface area contributed by atoms with Crippen LogP contribution in [0.4, 0.5) is 5.69 Å². The Labute approximate surface area is 210 Å².